The van der Waals surface area contributed by atoms with Crippen molar-refractivity contribution in [3.63, 3.8) is 0 Å². The molecule has 1 heterocycles. The minimum Gasteiger partial charge on any atom is -0.493 e. The highest BCUT2D eigenvalue weighted by Gasteiger charge is 2.24. The van der Waals surface area contributed by atoms with Crippen LogP contribution in [0.2, 0.25) is 0 Å². The number of ketones is 1. The zero-order valence-electron chi connectivity index (χ0n) is 19.9. The Hall–Kier alpha value is -3.13. The predicted molar refractivity (Wildman–Crippen MR) is 131 cm³/mol. The number of anilines is 1. The molecule has 0 saturated heterocycles. The molecule has 1 amide bonds. The number of benzene rings is 1. The molecule has 0 unspecified atom stereocenters. The molecule has 178 valence electrons. The average molecular weight is 474 g/mol. The van der Waals surface area contributed by atoms with Crippen LogP contribution in [0.5, 0.6) is 11.5 Å². The van der Waals surface area contributed by atoms with Gasteiger partial charge >= 0.3 is 5.97 Å². The number of rotatable bonds is 11. The van der Waals surface area contributed by atoms with Crippen LogP contribution in [-0.2, 0) is 9.53 Å². The van der Waals surface area contributed by atoms with Gasteiger partial charge in [-0.05, 0) is 62.4 Å². The Morgan fingerprint density at radius 2 is 1.91 bits per heavy atom. The number of methoxy groups -OCH3 is 1. The average Bonchev–Trinajstić information content (AvgIpc) is 3.08. The van der Waals surface area contributed by atoms with Crippen LogP contribution < -0.4 is 14.8 Å². The molecule has 0 aliphatic rings. The Kier molecular flexibility index (Phi) is 9.66. The number of ether oxygens (including phenoxy) is 3. The van der Waals surface area contributed by atoms with Gasteiger partial charge in [0.2, 0.25) is 5.91 Å². The van der Waals surface area contributed by atoms with Gasteiger partial charge in [0.25, 0.3) is 0 Å². The molecule has 0 bridgehead atoms. The lowest BCUT2D eigenvalue weighted by Gasteiger charge is -2.12. The summed E-state index contributed by atoms with van der Waals surface area (Å²) in [6, 6.07) is 5.41. The van der Waals surface area contributed by atoms with Crippen LogP contribution in [0.3, 0.4) is 0 Å². The number of amides is 1. The van der Waals surface area contributed by atoms with Crippen molar-refractivity contribution in [2.75, 3.05) is 25.6 Å². The maximum absolute atomic E-state index is 12.6. The van der Waals surface area contributed by atoms with E-state index in [9.17, 15) is 14.4 Å². The highest BCUT2D eigenvalue weighted by molar-refractivity contribution is 7.18. The molecule has 8 heteroatoms. The van der Waals surface area contributed by atoms with E-state index in [1.54, 1.807) is 39.2 Å². The highest BCUT2D eigenvalue weighted by Crippen LogP contribution is 2.34. The number of carbonyl (C=O) groups is 3. The largest absolute Gasteiger partial charge is 0.493 e. The van der Waals surface area contributed by atoms with Crippen LogP contribution in [0.4, 0.5) is 5.00 Å². The Bertz CT molecular complexity index is 1040. The van der Waals surface area contributed by atoms with Crippen LogP contribution in [0.25, 0.3) is 6.08 Å². The summed E-state index contributed by atoms with van der Waals surface area (Å²) >= 11 is 1.06. The minimum absolute atomic E-state index is 0.179. The van der Waals surface area contributed by atoms with Gasteiger partial charge in [0.15, 0.2) is 17.3 Å². The molecule has 0 aliphatic carbocycles. The summed E-state index contributed by atoms with van der Waals surface area (Å²) in [4.78, 5) is 37.2. The van der Waals surface area contributed by atoms with Gasteiger partial charge in [0.1, 0.15) is 5.00 Å². The lowest BCUT2D eigenvalue weighted by molar-refractivity contribution is -0.111. The molecule has 1 aromatic carbocycles. The SMILES string of the molecule is CCOC(=O)c1c(NC(=O)/C=C/c2ccc(OCCC(C)C)c(OC)c2)sc(C(C)=O)c1C. The first-order valence-electron chi connectivity index (χ1n) is 10.8. The van der Waals surface area contributed by atoms with E-state index in [2.05, 4.69) is 19.2 Å². The van der Waals surface area contributed by atoms with Gasteiger partial charge in [-0.25, -0.2) is 4.79 Å². The maximum atomic E-state index is 12.6. The van der Waals surface area contributed by atoms with Gasteiger partial charge in [0, 0.05) is 6.08 Å². The number of thiophene rings is 1. The third kappa shape index (κ3) is 7.18. The topological polar surface area (TPSA) is 90.9 Å². The first kappa shape index (κ1) is 26.1. The quantitative estimate of drug-likeness (QED) is 0.262. The second-order valence-electron chi connectivity index (χ2n) is 7.80. The zero-order valence-corrected chi connectivity index (χ0v) is 20.8. The van der Waals surface area contributed by atoms with Crippen LogP contribution in [-0.4, -0.2) is 38.0 Å². The summed E-state index contributed by atoms with van der Waals surface area (Å²) in [6.07, 6.45) is 3.92. The van der Waals surface area contributed by atoms with E-state index in [0.717, 1.165) is 23.3 Å². The van der Waals surface area contributed by atoms with Crippen molar-refractivity contribution in [3.8, 4) is 11.5 Å². The second kappa shape index (κ2) is 12.2. The first-order chi connectivity index (χ1) is 15.7. The molecule has 2 rings (SSSR count). The molecular weight excluding hydrogens is 442 g/mol. The number of carbonyl (C=O) groups excluding carboxylic acids is 3. The number of esters is 1. The Morgan fingerprint density at radius 3 is 2.52 bits per heavy atom. The fraction of sp³-hybridized carbons (Fsp3) is 0.400. The molecule has 0 spiro atoms. The number of hydrogen-bond acceptors (Lipinski definition) is 7. The molecule has 0 radical (unpaired) electrons. The molecule has 0 aliphatic heterocycles. The monoisotopic (exact) mass is 473 g/mol. The van der Waals surface area contributed by atoms with Crippen molar-refractivity contribution in [3.05, 3.63) is 45.8 Å². The molecule has 33 heavy (non-hydrogen) atoms. The molecule has 0 fully saturated rings. The predicted octanol–water partition coefficient (Wildman–Crippen LogP) is 5.52. The van der Waals surface area contributed by atoms with Crippen molar-refractivity contribution in [1.82, 2.24) is 0 Å². The summed E-state index contributed by atoms with van der Waals surface area (Å²) in [5, 5.41) is 2.99. The highest BCUT2D eigenvalue weighted by atomic mass is 32.1. The fourth-order valence-corrected chi connectivity index (χ4v) is 4.12. The van der Waals surface area contributed by atoms with Crippen LogP contribution in [0, 0.1) is 12.8 Å². The molecule has 2 aromatic rings. The van der Waals surface area contributed by atoms with Crippen molar-refractivity contribution >= 4 is 40.1 Å². The van der Waals surface area contributed by atoms with Crippen molar-refractivity contribution < 1.29 is 28.6 Å². The number of nitrogens with one attached hydrogen (secondary N) is 1. The Balaban J connectivity index is 2.17. The van der Waals surface area contributed by atoms with Gasteiger partial charge < -0.3 is 19.5 Å². The molecule has 0 saturated carbocycles. The normalized spacial score (nSPS) is 11.0. The lowest BCUT2D eigenvalue weighted by atomic mass is 10.1. The van der Waals surface area contributed by atoms with Crippen LogP contribution in [0.1, 0.15) is 65.3 Å². The summed E-state index contributed by atoms with van der Waals surface area (Å²) < 4.78 is 16.3. The number of hydrogen-bond donors (Lipinski definition) is 1. The van der Waals surface area contributed by atoms with Crippen molar-refractivity contribution in [2.24, 2.45) is 5.92 Å². The Morgan fingerprint density at radius 1 is 1.18 bits per heavy atom. The minimum atomic E-state index is -0.573. The smallest absolute Gasteiger partial charge is 0.341 e. The standard InChI is InChI=1S/C25H31NO6S/c1-7-31-25(29)22-16(4)23(17(5)27)33-24(22)26-21(28)11-9-18-8-10-19(20(14-18)30-6)32-13-12-15(2)3/h8-11,14-15H,7,12-13H2,1-6H3,(H,26,28)/b11-9+. The summed E-state index contributed by atoms with van der Waals surface area (Å²) in [5.74, 6) is 0.570. The lowest BCUT2D eigenvalue weighted by Crippen LogP contribution is -2.12. The van der Waals surface area contributed by atoms with E-state index in [1.807, 2.05) is 6.07 Å². The van der Waals surface area contributed by atoms with Gasteiger partial charge in [-0.3, -0.25) is 9.59 Å². The van der Waals surface area contributed by atoms with Crippen LogP contribution in [0.15, 0.2) is 24.3 Å². The van der Waals surface area contributed by atoms with E-state index in [-0.39, 0.29) is 23.0 Å². The van der Waals surface area contributed by atoms with Crippen molar-refractivity contribution in [2.45, 2.75) is 41.0 Å². The fourth-order valence-electron chi connectivity index (χ4n) is 3.02. The van der Waals surface area contributed by atoms with Gasteiger partial charge in [-0.15, -0.1) is 11.3 Å². The second-order valence-corrected chi connectivity index (χ2v) is 8.82. The van der Waals surface area contributed by atoms with Gasteiger partial charge in [-0.1, -0.05) is 19.9 Å². The molecule has 0 atom stereocenters. The van der Waals surface area contributed by atoms with Crippen molar-refractivity contribution in [1.29, 1.82) is 0 Å². The summed E-state index contributed by atoms with van der Waals surface area (Å²) in [7, 11) is 1.56. The van der Waals surface area contributed by atoms with Gasteiger partial charge in [0.05, 0.1) is 30.8 Å². The van der Waals surface area contributed by atoms with E-state index in [1.165, 1.54) is 13.0 Å². The third-order valence-corrected chi connectivity index (χ3v) is 6.06. The molecule has 1 aromatic heterocycles. The van der Waals surface area contributed by atoms with E-state index in [4.69, 9.17) is 14.2 Å². The molecule has 1 N–H and O–H groups in total. The van der Waals surface area contributed by atoms with Crippen LogP contribution >= 0.6 is 11.3 Å². The summed E-state index contributed by atoms with van der Waals surface area (Å²) in [6.45, 7) is 9.83. The first-order valence-corrected chi connectivity index (χ1v) is 11.6. The maximum Gasteiger partial charge on any atom is 0.341 e. The van der Waals surface area contributed by atoms with E-state index >= 15 is 0 Å². The Labute approximate surface area is 198 Å². The third-order valence-electron chi connectivity index (χ3n) is 4.75. The van der Waals surface area contributed by atoms with E-state index < -0.39 is 11.9 Å². The molecular formula is C25H31NO6S. The molecule has 7 nitrogen and oxygen atoms in total. The summed E-state index contributed by atoms with van der Waals surface area (Å²) in [5.41, 5.74) is 1.46. The number of Topliss-reactive ketones (excluding diaryl/α,β-unsaturated/α-hetero) is 1. The van der Waals surface area contributed by atoms with E-state index in [0.29, 0.717) is 34.5 Å². The van der Waals surface area contributed by atoms with Gasteiger partial charge in [-0.2, -0.15) is 0 Å². The zero-order chi connectivity index (χ0) is 24.5.